The lowest BCUT2D eigenvalue weighted by Gasteiger charge is -2.50. The third kappa shape index (κ3) is 7.64. The predicted molar refractivity (Wildman–Crippen MR) is 157 cm³/mol. The summed E-state index contributed by atoms with van der Waals surface area (Å²) in [5.41, 5.74) is 11.3. The number of nitrogens with one attached hydrogen (secondary N) is 1. The van der Waals surface area contributed by atoms with E-state index in [1.165, 1.54) is 18.2 Å². The van der Waals surface area contributed by atoms with Gasteiger partial charge in [0.2, 0.25) is 12.2 Å². The zero-order valence-corrected chi connectivity index (χ0v) is 25.2. The van der Waals surface area contributed by atoms with E-state index in [2.05, 4.69) is 10.3 Å². The van der Waals surface area contributed by atoms with Crippen LogP contribution in [-0.4, -0.2) is 134 Å². The van der Waals surface area contributed by atoms with Gasteiger partial charge in [-0.25, -0.2) is 14.6 Å². The van der Waals surface area contributed by atoms with Crippen molar-refractivity contribution >= 4 is 28.8 Å². The fourth-order valence-corrected chi connectivity index (χ4v) is 5.59. The number of carboxylic acid groups (broad SMARTS) is 1. The molecule has 1 amide bonds. The molecule has 0 bridgehead atoms. The number of nitrogens with zero attached hydrogens (tertiary/aromatic N) is 1. The molecule has 1 aromatic carbocycles. The summed E-state index contributed by atoms with van der Waals surface area (Å²) in [7, 11) is 0. The SMILES string of the molecule is CC(=O)N[C@H]1[C@H]([C@H](O)[C@H](O)CO)O[C@@](OC2C(O)C(CO)OC(Oc3ccc4c(C)cc(=O)oc4c3)C2O)(C(=O)O)C[C@@H]1N=C(N)N. The van der Waals surface area contributed by atoms with Gasteiger partial charge in [0.05, 0.1) is 25.3 Å². The molecule has 12 N–H and O–H groups in total. The largest absolute Gasteiger partial charge is 0.477 e. The van der Waals surface area contributed by atoms with Crippen LogP contribution in [0.5, 0.6) is 5.75 Å². The molecule has 0 radical (unpaired) electrons. The molecule has 2 aliphatic heterocycles. The summed E-state index contributed by atoms with van der Waals surface area (Å²) in [6.45, 7) is 0.931. The fourth-order valence-electron chi connectivity index (χ4n) is 5.59. The van der Waals surface area contributed by atoms with E-state index in [0.717, 1.165) is 6.92 Å². The number of nitrogens with two attached hydrogens (primary N) is 2. The first-order chi connectivity index (χ1) is 22.1. The van der Waals surface area contributed by atoms with Crippen molar-refractivity contribution < 1.29 is 68.7 Å². The summed E-state index contributed by atoms with van der Waals surface area (Å²) < 4.78 is 28.0. The van der Waals surface area contributed by atoms with Gasteiger partial charge in [-0.3, -0.25) is 4.79 Å². The number of guanidine groups is 1. The number of aliphatic imine (C=N–C) groups is 1. The van der Waals surface area contributed by atoms with E-state index in [0.29, 0.717) is 10.9 Å². The van der Waals surface area contributed by atoms with Crippen molar-refractivity contribution in [2.45, 2.75) is 87.2 Å². The van der Waals surface area contributed by atoms with Gasteiger partial charge in [0.1, 0.15) is 54.1 Å². The maximum atomic E-state index is 12.9. The van der Waals surface area contributed by atoms with Crippen molar-refractivity contribution in [2.75, 3.05) is 13.2 Å². The van der Waals surface area contributed by atoms with Crippen molar-refractivity contribution in [2.24, 2.45) is 16.5 Å². The molecule has 3 heterocycles. The number of carbonyl (C=O) groups is 2. The van der Waals surface area contributed by atoms with E-state index in [1.54, 1.807) is 13.0 Å². The number of aryl methyl sites for hydroxylation is 1. The van der Waals surface area contributed by atoms with Crippen LogP contribution in [0.3, 0.4) is 0 Å². The van der Waals surface area contributed by atoms with Gasteiger partial charge in [0.15, 0.2) is 5.96 Å². The maximum Gasteiger partial charge on any atom is 0.364 e. The Labute approximate surface area is 265 Å². The van der Waals surface area contributed by atoms with Crippen molar-refractivity contribution in [3.05, 3.63) is 40.2 Å². The van der Waals surface area contributed by atoms with Gasteiger partial charge in [-0.15, -0.1) is 0 Å². The zero-order chi connectivity index (χ0) is 34.8. The first-order valence-corrected chi connectivity index (χ1v) is 14.4. The second-order valence-electron chi connectivity index (χ2n) is 11.2. The average molecular weight is 671 g/mol. The Kier molecular flexibility index (Phi) is 11.1. The molecule has 2 aliphatic rings. The molecule has 1 aromatic heterocycles. The smallest absolute Gasteiger partial charge is 0.364 e. The Bertz CT molecular complexity index is 1530. The first kappa shape index (κ1) is 35.9. The standard InChI is InChI=1S/C28H38N4O15/c1-10-5-18(37)44-16-6-12(3-4-13(10)16)43-25-22(40)24(21(39)17(9-34)45-25)47-28(26(41)42)7-14(32-27(29)30)19(31-11(2)35)23(46-28)20(38)15(36)8-33/h3-6,14-15,17,19-25,33-34,36,38-40H,7-9H2,1-2H3,(H,31,35)(H,41,42)(H4,29,30,32)/t14-,15+,17?,19+,20+,21?,22?,23+,24?,25?,28-/m0/s1. The van der Waals surface area contributed by atoms with Crippen LogP contribution in [0.2, 0.25) is 0 Å². The highest BCUT2D eigenvalue weighted by Crippen LogP contribution is 2.39. The molecule has 2 aromatic rings. The second kappa shape index (κ2) is 14.5. The normalized spacial score (nSPS) is 32.3. The quantitative estimate of drug-likeness (QED) is 0.0614. The summed E-state index contributed by atoms with van der Waals surface area (Å²) in [6, 6.07) is 2.86. The topological polar surface area (TPSA) is 319 Å². The van der Waals surface area contributed by atoms with Crippen LogP contribution in [0, 0.1) is 6.92 Å². The molecule has 0 aliphatic carbocycles. The number of rotatable bonds is 11. The predicted octanol–water partition coefficient (Wildman–Crippen LogP) is -4.26. The van der Waals surface area contributed by atoms with Gasteiger partial charge in [-0.1, -0.05) is 0 Å². The van der Waals surface area contributed by atoms with Crippen LogP contribution in [0.4, 0.5) is 0 Å². The zero-order valence-electron chi connectivity index (χ0n) is 25.2. The Morgan fingerprint density at radius 3 is 2.47 bits per heavy atom. The van der Waals surface area contributed by atoms with Crippen molar-refractivity contribution in [1.29, 1.82) is 0 Å². The van der Waals surface area contributed by atoms with Gasteiger partial charge in [-0.2, -0.15) is 0 Å². The highest BCUT2D eigenvalue weighted by atomic mass is 16.8. The Morgan fingerprint density at radius 2 is 1.87 bits per heavy atom. The highest BCUT2D eigenvalue weighted by molar-refractivity contribution is 5.81. The number of hydrogen-bond acceptors (Lipinski definition) is 15. The first-order valence-electron chi connectivity index (χ1n) is 14.4. The van der Waals surface area contributed by atoms with Gasteiger partial charge in [0, 0.05) is 30.9 Å². The number of aliphatic hydroxyl groups excluding tert-OH is 6. The maximum absolute atomic E-state index is 12.9. The number of carboxylic acids is 1. The van der Waals surface area contributed by atoms with Gasteiger partial charge in [0.25, 0.3) is 5.79 Å². The number of carbonyl (C=O) groups excluding carboxylic acids is 1. The Hall–Kier alpha value is -3.92. The summed E-state index contributed by atoms with van der Waals surface area (Å²) >= 11 is 0. The molecule has 0 saturated carbocycles. The van der Waals surface area contributed by atoms with E-state index in [-0.39, 0.29) is 11.3 Å². The van der Waals surface area contributed by atoms with Crippen LogP contribution < -0.4 is 27.1 Å². The molecular formula is C28H38N4O15. The van der Waals surface area contributed by atoms with Crippen LogP contribution in [0.15, 0.2) is 38.5 Å². The molecule has 2 fully saturated rings. The van der Waals surface area contributed by atoms with Gasteiger partial charge >= 0.3 is 11.6 Å². The third-order valence-electron chi connectivity index (χ3n) is 7.82. The molecule has 5 unspecified atom stereocenters. The highest BCUT2D eigenvalue weighted by Gasteiger charge is 2.60. The summed E-state index contributed by atoms with van der Waals surface area (Å²) in [6.07, 6.45) is -15.7. The van der Waals surface area contributed by atoms with Gasteiger partial charge in [-0.05, 0) is 24.6 Å². The number of hydrogen-bond donors (Lipinski definition) is 10. The molecule has 2 saturated heterocycles. The number of aliphatic hydroxyl groups is 6. The average Bonchev–Trinajstić information content (AvgIpc) is 3.00. The van der Waals surface area contributed by atoms with E-state index < -0.39 is 110 Å². The molecule has 11 atom stereocenters. The van der Waals surface area contributed by atoms with Crippen LogP contribution in [-0.2, 0) is 23.8 Å². The minimum atomic E-state index is -2.90. The minimum Gasteiger partial charge on any atom is -0.477 e. The number of fused-ring (bicyclic) bond motifs is 1. The Morgan fingerprint density at radius 1 is 1.17 bits per heavy atom. The second-order valence-corrected chi connectivity index (χ2v) is 11.2. The van der Waals surface area contributed by atoms with E-state index in [9.17, 15) is 50.1 Å². The summed E-state index contributed by atoms with van der Waals surface area (Å²) in [5.74, 6) is -6.01. The lowest BCUT2D eigenvalue weighted by Crippen LogP contribution is -2.70. The monoisotopic (exact) mass is 670 g/mol. The summed E-state index contributed by atoms with van der Waals surface area (Å²) in [5, 5.41) is 76.3. The van der Waals surface area contributed by atoms with Crippen molar-refractivity contribution in [3.63, 3.8) is 0 Å². The van der Waals surface area contributed by atoms with Crippen LogP contribution in [0.1, 0.15) is 18.9 Å². The minimum absolute atomic E-state index is 0.0103. The van der Waals surface area contributed by atoms with E-state index >= 15 is 0 Å². The van der Waals surface area contributed by atoms with Crippen molar-refractivity contribution in [3.8, 4) is 5.75 Å². The molecule has 4 rings (SSSR count). The number of ether oxygens (including phenoxy) is 4. The number of amides is 1. The van der Waals surface area contributed by atoms with Crippen LogP contribution in [0.25, 0.3) is 11.0 Å². The molecular weight excluding hydrogens is 632 g/mol. The van der Waals surface area contributed by atoms with Gasteiger partial charge < -0.3 is 75.9 Å². The van der Waals surface area contributed by atoms with Crippen molar-refractivity contribution in [1.82, 2.24) is 5.32 Å². The van der Waals surface area contributed by atoms with E-state index in [1.807, 2.05) is 0 Å². The van der Waals surface area contributed by atoms with E-state index in [4.69, 9.17) is 34.8 Å². The molecule has 0 spiro atoms. The molecule has 19 nitrogen and oxygen atoms in total. The lowest BCUT2D eigenvalue weighted by atomic mass is 9.86. The molecule has 19 heteroatoms. The molecule has 260 valence electrons. The number of benzene rings is 1. The fraction of sp³-hybridized carbons (Fsp3) is 0.571. The number of aliphatic carboxylic acids is 1. The van der Waals surface area contributed by atoms with Crippen LogP contribution >= 0.6 is 0 Å². The third-order valence-corrected chi connectivity index (χ3v) is 7.82. The Balaban J connectivity index is 1.72. The lowest BCUT2D eigenvalue weighted by molar-refractivity contribution is -0.357. The molecule has 47 heavy (non-hydrogen) atoms. The summed E-state index contributed by atoms with van der Waals surface area (Å²) in [4.78, 5) is 40.8.